The molecule has 12 heavy (non-hydrogen) atoms. The smallest absolute Gasteiger partial charge is 0.327 e. The molecular formula is C6H6Cl2O4. The highest BCUT2D eigenvalue weighted by Gasteiger charge is 2.67. The third-order valence-electron chi connectivity index (χ3n) is 2.12. The fraction of sp³-hybridized carbons (Fsp3) is 0.667. The van der Waals surface area contributed by atoms with Gasteiger partial charge in [0.25, 0.3) is 0 Å². The van der Waals surface area contributed by atoms with E-state index in [-0.39, 0.29) is 12.8 Å². The number of alkyl halides is 2. The molecule has 0 amide bonds. The minimum Gasteiger partial charge on any atom is -0.480 e. The van der Waals surface area contributed by atoms with Crippen LogP contribution in [0.2, 0.25) is 0 Å². The van der Waals surface area contributed by atoms with Crippen LogP contribution in [0.4, 0.5) is 0 Å². The molecule has 0 aliphatic heterocycles. The highest BCUT2D eigenvalue weighted by Crippen LogP contribution is 2.52. The Hall–Kier alpha value is -0.480. The second-order valence-electron chi connectivity index (χ2n) is 2.71. The molecule has 0 heterocycles. The molecule has 0 bridgehead atoms. The number of hydrogen-bond acceptors (Lipinski definition) is 2. The van der Waals surface area contributed by atoms with Gasteiger partial charge < -0.3 is 10.2 Å². The lowest BCUT2D eigenvalue weighted by Crippen LogP contribution is -2.64. The van der Waals surface area contributed by atoms with Gasteiger partial charge >= 0.3 is 11.9 Å². The first kappa shape index (κ1) is 9.61. The lowest BCUT2D eigenvalue weighted by atomic mass is 9.72. The average Bonchev–Trinajstić information content (AvgIpc) is 1.98. The van der Waals surface area contributed by atoms with Crippen LogP contribution in [-0.4, -0.2) is 31.9 Å². The van der Waals surface area contributed by atoms with E-state index in [2.05, 4.69) is 0 Å². The second-order valence-corrected chi connectivity index (χ2v) is 4.00. The van der Waals surface area contributed by atoms with Crippen LogP contribution in [-0.2, 0) is 9.59 Å². The number of halogens is 2. The Bertz CT molecular complexity index is 228. The van der Waals surface area contributed by atoms with E-state index in [0.717, 1.165) is 0 Å². The first-order valence-corrected chi connectivity index (χ1v) is 3.95. The summed E-state index contributed by atoms with van der Waals surface area (Å²) >= 11 is 11.1. The van der Waals surface area contributed by atoms with Crippen LogP contribution in [0.5, 0.6) is 0 Å². The van der Waals surface area contributed by atoms with Crippen LogP contribution in [0.3, 0.4) is 0 Å². The summed E-state index contributed by atoms with van der Waals surface area (Å²) < 4.78 is 0. The average molecular weight is 213 g/mol. The van der Waals surface area contributed by atoms with E-state index < -0.39 is 21.7 Å². The maximum atomic E-state index is 10.5. The predicted octanol–water partition coefficient (Wildman–Crippen LogP) is 0.905. The summed E-state index contributed by atoms with van der Waals surface area (Å²) in [7, 11) is 0. The topological polar surface area (TPSA) is 74.6 Å². The molecule has 68 valence electrons. The normalized spacial score (nSPS) is 40.2. The maximum Gasteiger partial charge on any atom is 0.327 e. The van der Waals surface area contributed by atoms with Crippen LogP contribution >= 0.6 is 23.2 Å². The van der Waals surface area contributed by atoms with E-state index in [1.807, 2.05) is 0 Å². The zero-order valence-electron chi connectivity index (χ0n) is 5.88. The summed E-state index contributed by atoms with van der Waals surface area (Å²) in [4.78, 5) is 17.4. The monoisotopic (exact) mass is 212 g/mol. The number of rotatable bonds is 2. The van der Waals surface area contributed by atoms with Crippen molar-refractivity contribution in [3.8, 4) is 0 Å². The molecule has 6 heteroatoms. The molecular weight excluding hydrogens is 207 g/mol. The summed E-state index contributed by atoms with van der Waals surface area (Å²) in [5.74, 6) is -2.76. The van der Waals surface area contributed by atoms with Gasteiger partial charge in [-0.05, 0) is 12.8 Å². The van der Waals surface area contributed by atoms with Gasteiger partial charge in [-0.2, -0.15) is 0 Å². The van der Waals surface area contributed by atoms with E-state index in [9.17, 15) is 9.59 Å². The molecule has 1 aliphatic rings. The van der Waals surface area contributed by atoms with Crippen molar-refractivity contribution in [3.05, 3.63) is 0 Å². The van der Waals surface area contributed by atoms with Crippen molar-refractivity contribution in [1.29, 1.82) is 0 Å². The summed E-state index contributed by atoms with van der Waals surface area (Å²) in [6.07, 6.45) is 0.166. The van der Waals surface area contributed by atoms with Crippen molar-refractivity contribution < 1.29 is 19.8 Å². The van der Waals surface area contributed by atoms with Crippen LogP contribution in [0.15, 0.2) is 0 Å². The molecule has 0 radical (unpaired) electrons. The molecule has 0 aromatic carbocycles. The Kier molecular flexibility index (Phi) is 2.00. The van der Waals surface area contributed by atoms with Crippen molar-refractivity contribution in [1.82, 2.24) is 0 Å². The third kappa shape index (κ3) is 0.912. The van der Waals surface area contributed by atoms with Gasteiger partial charge in [-0.3, -0.25) is 9.59 Å². The second kappa shape index (κ2) is 2.50. The standard InChI is InChI=1S/C6H6Cl2O4/c7-5(3(9)10)1-2-6(5,8)4(11)12/h1-2H2,(H,9,10)(H,11,12). The van der Waals surface area contributed by atoms with E-state index in [1.54, 1.807) is 0 Å². The summed E-state index contributed by atoms with van der Waals surface area (Å²) in [5.41, 5.74) is 0. The first-order chi connectivity index (χ1) is 5.34. The highest BCUT2D eigenvalue weighted by atomic mass is 35.5. The number of aliphatic carboxylic acids is 2. The van der Waals surface area contributed by atoms with Crippen molar-refractivity contribution in [3.63, 3.8) is 0 Å². The molecule has 0 aromatic rings. The molecule has 2 N–H and O–H groups in total. The lowest BCUT2D eigenvalue weighted by Gasteiger charge is -2.45. The summed E-state index contributed by atoms with van der Waals surface area (Å²) in [6.45, 7) is 0. The molecule has 1 fully saturated rings. The zero-order valence-corrected chi connectivity index (χ0v) is 7.39. The Balaban J connectivity index is 2.97. The van der Waals surface area contributed by atoms with Gasteiger partial charge in [0, 0.05) is 0 Å². The largest absolute Gasteiger partial charge is 0.480 e. The molecule has 0 spiro atoms. The molecule has 1 rings (SSSR count). The molecule has 2 unspecified atom stereocenters. The van der Waals surface area contributed by atoms with Crippen LogP contribution in [0.1, 0.15) is 12.8 Å². The SMILES string of the molecule is O=C(O)C1(Cl)CCC1(Cl)C(=O)O. The van der Waals surface area contributed by atoms with Gasteiger partial charge in [0.05, 0.1) is 0 Å². The lowest BCUT2D eigenvalue weighted by molar-refractivity contribution is -0.155. The summed E-state index contributed by atoms with van der Waals surface area (Å²) in [5, 5.41) is 17.2. The van der Waals surface area contributed by atoms with Crippen molar-refractivity contribution in [2.45, 2.75) is 22.6 Å². The molecule has 4 nitrogen and oxygen atoms in total. The Morgan fingerprint density at radius 3 is 1.33 bits per heavy atom. The fourth-order valence-electron chi connectivity index (χ4n) is 1.12. The van der Waals surface area contributed by atoms with Gasteiger partial charge in [-0.25, -0.2) is 0 Å². The Morgan fingerprint density at radius 2 is 1.25 bits per heavy atom. The Labute approximate surface area is 78.1 Å². The van der Waals surface area contributed by atoms with Gasteiger partial charge in [-0.15, -0.1) is 23.2 Å². The molecule has 1 saturated carbocycles. The predicted molar refractivity (Wildman–Crippen MR) is 41.7 cm³/mol. The molecule has 2 atom stereocenters. The molecule has 0 saturated heterocycles. The number of carboxylic acid groups (broad SMARTS) is 2. The van der Waals surface area contributed by atoms with Gasteiger partial charge in [-0.1, -0.05) is 0 Å². The van der Waals surface area contributed by atoms with Gasteiger partial charge in [0.2, 0.25) is 0 Å². The van der Waals surface area contributed by atoms with E-state index in [1.165, 1.54) is 0 Å². The fourth-order valence-corrected chi connectivity index (χ4v) is 1.66. The van der Waals surface area contributed by atoms with Crippen LogP contribution < -0.4 is 0 Å². The van der Waals surface area contributed by atoms with Crippen LogP contribution in [0.25, 0.3) is 0 Å². The van der Waals surface area contributed by atoms with Gasteiger partial charge in [0.1, 0.15) is 0 Å². The molecule has 0 aromatic heterocycles. The first-order valence-electron chi connectivity index (χ1n) is 3.19. The van der Waals surface area contributed by atoms with E-state index in [4.69, 9.17) is 33.4 Å². The number of hydrogen-bond donors (Lipinski definition) is 2. The van der Waals surface area contributed by atoms with Crippen molar-refractivity contribution >= 4 is 35.1 Å². The minimum atomic E-state index is -1.85. The van der Waals surface area contributed by atoms with Crippen molar-refractivity contribution in [2.24, 2.45) is 0 Å². The quantitative estimate of drug-likeness (QED) is 0.668. The van der Waals surface area contributed by atoms with Crippen molar-refractivity contribution in [2.75, 3.05) is 0 Å². The number of carboxylic acids is 2. The zero-order chi connectivity index (χ0) is 9.57. The highest BCUT2D eigenvalue weighted by molar-refractivity contribution is 6.49. The maximum absolute atomic E-state index is 10.5. The minimum absolute atomic E-state index is 0.0830. The summed E-state index contributed by atoms with van der Waals surface area (Å²) in [6, 6.07) is 0. The Morgan fingerprint density at radius 1 is 1.00 bits per heavy atom. The van der Waals surface area contributed by atoms with E-state index in [0.29, 0.717) is 0 Å². The van der Waals surface area contributed by atoms with E-state index >= 15 is 0 Å². The molecule has 1 aliphatic carbocycles. The van der Waals surface area contributed by atoms with Crippen LogP contribution in [0, 0.1) is 0 Å². The van der Waals surface area contributed by atoms with Gasteiger partial charge in [0.15, 0.2) is 9.75 Å². The third-order valence-corrected chi connectivity index (χ3v) is 3.56. The number of carbonyl (C=O) groups is 2.